The van der Waals surface area contributed by atoms with Crippen molar-refractivity contribution in [3.63, 3.8) is 0 Å². The number of fused-ring (bicyclic) bond motifs is 1. The summed E-state index contributed by atoms with van der Waals surface area (Å²) in [6.07, 6.45) is 1.28. The first-order chi connectivity index (χ1) is 8.31. The molecule has 0 bridgehead atoms. The van der Waals surface area contributed by atoms with Crippen molar-refractivity contribution in [3.05, 3.63) is 24.3 Å². The van der Waals surface area contributed by atoms with Gasteiger partial charge in [0.2, 0.25) is 0 Å². The van der Waals surface area contributed by atoms with Crippen molar-refractivity contribution >= 4 is 43.4 Å². The lowest BCUT2D eigenvalue weighted by atomic mass is 10.1. The number of hydrogen-bond acceptors (Lipinski definition) is 3. The average molecular weight is 311 g/mol. The molecule has 1 aromatic carbocycles. The maximum Gasteiger partial charge on any atom is 0.120 e. The summed E-state index contributed by atoms with van der Waals surface area (Å²) in [7, 11) is 0. The lowest BCUT2D eigenvalue weighted by molar-refractivity contribution is 0.556. The lowest BCUT2D eigenvalue weighted by Crippen LogP contribution is -2.32. The molecule has 90 valence electrons. The molecule has 1 aliphatic heterocycles. The van der Waals surface area contributed by atoms with Gasteiger partial charge in [-0.3, -0.25) is 0 Å². The Balaban J connectivity index is 2.04. The number of rotatable bonds is 2. The predicted molar refractivity (Wildman–Crippen MR) is 78.3 cm³/mol. The minimum atomic E-state index is 0.610. The lowest BCUT2D eigenvalue weighted by Gasteiger charge is -2.25. The van der Waals surface area contributed by atoms with Gasteiger partial charge in [-0.15, -0.1) is 0 Å². The van der Waals surface area contributed by atoms with Gasteiger partial charge in [0.15, 0.2) is 0 Å². The molecule has 2 heterocycles. The van der Waals surface area contributed by atoms with Crippen LogP contribution in [0, 0.1) is 5.92 Å². The summed E-state index contributed by atoms with van der Waals surface area (Å²) in [5.74, 6) is 0.759. The molecule has 0 N–H and O–H groups in total. The predicted octanol–water partition coefficient (Wildman–Crippen LogP) is 3.91. The van der Waals surface area contributed by atoms with E-state index in [1.54, 1.807) is 11.5 Å². The minimum Gasteiger partial charge on any atom is -0.358 e. The van der Waals surface area contributed by atoms with Gasteiger partial charge < -0.3 is 4.90 Å². The molecule has 0 aliphatic carbocycles. The molecule has 2 atom stereocenters. The Bertz CT molecular complexity index is 525. The summed E-state index contributed by atoms with van der Waals surface area (Å²) in [5, 5.41) is 3.69. The van der Waals surface area contributed by atoms with Crippen LogP contribution < -0.4 is 4.90 Å². The van der Waals surface area contributed by atoms with Gasteiger partial charge in [0.05, 0.1) is 5.52 Å². The number of nitrogens with zero attached hydrogens (tertiary/aromatic N) is 2. The largest absolute Gasteiger partial charge is 0.358 e. The summed E-state index contributed by atoms with van der Waals surface area (Å²) in [4.78, 5) is 2.53. The first-order valence-electron chi connectivity index (χ1n) is 5.98. The van der Waals surface area contributed by atoms with Gasteiger partial charge in [-0.05, 0) is 36.0 Å². The van der Waals surface area contributed by atoms with Crippen LogP contribution in [0.4, 0.5) is 5.00 Å². The molecule has 1 aromatic heterocycles. The zero-order chi connectivity index (χ0) is 11.8. The van der Waals surface area contributed by atoms with E-state index in [2.05, 4.69) is 56.4 Å². The first kappa shape index (κ1) is 11.5. The molecule has 0 amide bonds. The third kappa shape index (κ3) is 1.87. The molecule has 3 rings (SSSR count). The Morgan fingerprint density at radius 1 is 1.47 bits per heavy atom. The van der Waals surface area contributed by atoms with Crippen LogP contribution in [-0.4, -0.2) is 22.3 Å². The fourth-order valence-corrected chi connectivity index (χ4v) is 4.51. The summed E-state index contributed by atoms with van der Waals surface area (Å²) in [5.41, 5.74) is 1.13. The Labute approximate surface area is 114 Å². The quantitative estimate of drug-likeness (QED) is 0.782. The van der Waals surface area contributed by atoms with Crippen molar-refractivity contribution in [2.45, 2.75) is 19.4 Å². The van der Waals surface area contributed by atoms with Crippen LogP contribution in [0.25, 0.3) is 10.9 Å². The molecule has 2 nitrogen and oxygen atoms in total. The first-order valence-corrected chi connectivity index (χ1v) is 7.87. The Hall–Kier alpha value is -0.610. The number of anilines is 1. The van der Waals surface area contributed by atoms with Gasteiger partial charge in [0, 0.05) is 23.3 Å². The van der Waals surface area contributed by atoms with Gasteiger partial charge in [-0.1, -0.05) is 35.0 Å². The molecule has 1 fully saturated rings. The molecule has 4 heteroatoms. The van der Waals surface area contributed by atoms with Crippen LogP contribution in [0.15, 0.2) is 24.3 Å². The second kappa shape index (κ2) is 4.58. The van der Waals surface area contributed by atoms with Crippen LogP contribution in [0.3, 0.4) is 0 Å². The van der Waals surface area contributed by atoms with Crippen molar-refractivity contribution in [1.29, 1.82) is 0 Å². The molecule has 1 saturated heterocycles. The number of hydrogen-bond donors (Lipinski definition) is 0. The Morgan fingerprint density at radius 2 is 2.29 bits per heavy atom. The number of halogens is 1. The molecular weight excluding hydrogens is 296 g/mol. The molecule has 17 heavy (non-hydrogen) atoms. The second-order valence-electron chi connectivity index (χ2n) is 4.69. The Morgan fingerprint density at radius 3 is 3.12 bits per heavy atom. The zero-order valence-corrected chi connectivity index (χ0v) is 12.2. The Kier molecular flexibility index (Phi) is 3.09. The molecule has 0 radical (unpaired) electrons. The van der Waals surface area contributed by atoms with Crippen molar-refractivity contribution < 1.29 is 0 Å². The fraction of sp³-hybridized carbons (Fsp3) is 0.462. The van der Waals surface area contributed by atoms with Crippen molar-refractivity contribution in [3.8, 4) is 0 Å². The van der Waals surface area contributed by atoms with Crippen molar-refractivity contribution in [1.82, 2.24) is 4.37 Å². The van der Waals surface area contributed by atoms with Crippen LogP contribution in [0.1, 0.15) is 13.3 Å². The van der Waals surface area contributed by atoms with Crippen molar-refractivity contribution in [2.24, 2.45) is 5.92 Å². The van der Waals surface area contributed by atoms with E-state index in [9.17, 15) is 0 Å². The van der Waals surface area contributed by atoms with E-state index in [4.69, 9.17) is 0 Å². The SMILES string of the molecule is CC1CCN(c2snc3ccccc23)C1CBr. The van der Waals surface area contributed by atoms with Gasteiger partial charge in [0.25, 0.3) is 0 Å². The van der Waals surface area contributed by atoms with E-state index in [0.29, 0.717) is 6.04 Å². The highest BCUT2D eigenvalue weighted by atomic mass is 79.9. The number of alkyl halides is 1. The van der Waals surface area contributed by atoms with Gasteiger partial charge in [-0.25, -0.2) is 0 Å². The van der Waals surface area contributed by atoms with Gasteiger partial charge in [0.1, 0.15) is 5.00 Å². The highest BCUT2D eigenvalue weighted by molar-refractivity contribution is 9.09. The van der Waals surface area contributed by atoms with E-state index in [1.807, 2.05) is 0 Å². The molecule has 1 aliphatic rings. The third-order valence-electron chi connectivity index (χ3n) is 3.67. The second-order valence-corrected chi connectivity index (χ2v) is 6.09. The maximum atomic E-state index is 4.54. The summed E-state index contributed by atoms with van der Waals surface area (Å²) >= 11 is 5.29. The van der Waals surface area contributed by atoms with E-state index < -0.39 is 0 Å². The number of benzene rings is 1. The topological polar surface area (TPSA) is 16.1 Å². The maximum absolute atomic E-state index is 4.54. The van der Waals surface area contributed by atoms with Crippen LogP contribution in [0.2, 0.25) is 0 Å². The average Bonchev–Trinajstić information content (AvgIpc) is 2.92. The normalized spacial score (nSPS) is 24.7. The molecule has 2 aromatic rings. The highest BCUT2D eigenvalue weighted by Gasteiger charge is 2.32. The van der Waals surface area contributed by atoms with Gasteiger partial charge >= 0.3 is 0 Å². The fourth-order valence-electron chi connectivity index (χ4n) is 2.58. The monoisotopic (exact) mass is 310 g/mol. The smallest absolute Gasteiger partial charge is 0.120 e. The van der Waals surface area contributed by atoms with Crippen LogP contribution >= 0.6 is 27.5 Å². The van der Waals surface area contributed by atoms with Crippen molar-refractivity contribution in [2.75, 3.05) is 16.8 Å². The zero-order valence-electron chi connectivity index (χ0n) is 9.77. The van der Waals surface area contributed by atoms with Crippen LogP contribution in [0.5, 0.6) is 0 Å². The van der Waals surface area contributed by atoms with E-state index >= 15 is 0 Å². The molecule has 0 spiro atoms. The van der Waals surface area contributed by atoms with Gasteiger partial charge in [-0.2, -0.15) is 4.37 Å². The summed E-state index contributed by atoms with van der Waals surface area (Å²) in [6.45, 7) is 3.50. The highest BCUT2D eigenvalue weighted by Crippen LogP contribution is 2.37. The summed E-state index contributed by atoms with van der Waals surface area (Å²) < 4.78 is 4.54. The van der Waals surface area contributed by atoms with Crippen LogP contribution in [-0.2, 0) is 0 Å². The molecular formula is C13H15BrN2S. The molecule has 0 saturated carbocycles. The standard InChI is InChI=1S/C13H15BrN2S/c1-9-6-7-16(12(9)8-14)13-10-4-2-3-5-11(10)15-17-13/h2-5,9,12H,6-8H2,1H3. The number of aromatic nitrogens is 1. The van der Waals surface area contributed by atoms with E-state index in [0.717, 1.165) is 23.3 Å². The van der Waals surface area contributed by atoms with E-state index in [-0.39, 0.29) is 0 Å². The summed E-state index contributed by atoms with van der Waals surface area (Å²) in [6, 6.07) is 9.04. The minimum absolute atomic E-state index is 0.610. The van der Waals surface area contributed by atoms with E-state index in [1.165, 1.54) is 16.8 Å². The molecule has 2 unspecified atom stereocenters. The third-order valence-corrected chi connectivity index (χ3v) is 5.25.